The third-order valence-corrected chi connectivity index (χ3v) is 4.08. The predicted octanol–water partition coefficient (Wildman–Crippen LogP) is 5.07. The van der Waals surface area contributed by atoms with Crippen LogP contribution in [0.1, 0.15) is 62.6 Å². The van der Waals surface area contributed by atoms with Gasteiger partial charge in [-0.2, -0.15) is 0 Å². The topological polar surface area (TPSA) is 12.0 Å². The molecule has 0 saturated heterocycles. The van der Waals surface area contributed by atoms with Crippen LogP contribution in [0, 0.1) is 12.7 Å². The molecule has 0 bridgehead atoms. The smallest absolute Gasteiger partial charge is 0.131 e. The van der Waals surface area contributed by atoms with E-state index in [4.69, 9.17) is 0 Å². The van der Waals surface area contributed by atoms with Gasteiger partial charge in [-0.1, -0.05) is 43.2 Å². The van der Waals surface area contributed by atoms with Gasteiger partial charge in [0.1, 0.15) is 5.82 Å². The van der Waals surface area contributed by atoms with E-state index >= 15 is 0 Å². The van der Waals surface area contributed by atoms with Crippen LogP contribution in [0.25, 0.3) is 0 Å². The second kappa shape index (κ2) is 7.58. The van der Waals surface area contributed by atoms with Gasteiger partial charge in [-0.05, 0) is 51.1 Å². The first-order valence-electron chi connectivity index (χ1n) is 7.91. The largest absolute Gasteiger partial charge is 0.306 e. The van der Waals surface area contributed by atoms with Crippen LogP contribution in [0.5, 0.6) is 0 Å². The van der Waals surface area contributed by atoms with Gasteiger partial charge in [-0.15, -0.1) is 0 Å². The van der Waals surface area contributed by atoms with Crippen molar-refractivity contribution in [3.8, 4) is 0 Å². The summed E-state index contributed by atoms with van der Waals surface area (Å²) >= 11 is 0. The third kappa shape index (κ3) is 3.69. The van der Waals surface area contributed by atoms with Crippen molar-refractivity contribution in [2.24, 2.45) is 0 Å². The van der Waals surface area contributed by atoms with Gasteiger partial charge in [0.2, 0.25) is 0 Å². The Kier molecular flexibility index (Phi) is 5.78. The SMILES string of the molecule is CCCNC(C1=CCCCCC1)c1cccc(C)c1F. The van der Waals surface area contributed by atoms with E-state index in [1.54, 1.807) is 0 Å². The molecule has 1 aromatic carbocycles. The molecule has 1 atom stereocenters. The molecular weight excluding hydrogens is 249 g/mol. The lowest BCUT2D eigenvalue weighted by Gasteiger charge is -2.23. The quantitative estimate of drug-likeness (QED) is 0.740. The lowest BCUT2D eigenvalue weighted by atomic mass is 9.93. The number of aryl methyl sites for hydroxylation is 1. The van der Waals surface area contributed by atoms with Gasteiger partial charge in [0, 0.05) is 5.56 Å². The Morgan fingerprint density at radius 1 is 1.25 bits per heavy atom. The zero-order valence-electron chi connectivity index (χ0n) is 12.7. The Morgan fingerprint density at radius 2 is 2.10 bits per heavy atom. The lowest BCUT2D eigenvalue weighted by Crippen LogP contribution is -2.25. The van der Waals surface area contributed by atoms with Gasteiger partial charge in [0.05, 0.1) is 6.04 Å². The molecule has 0 saturated carbocycles. The fourth-order valence-electron chi connectivity index (χ4n) is 2.92. The maximum atomic E-state index is 14.5. The predicted molar refractivity (Wildman–Crippen MR) is 83.3 cm³/mol. The Morgan fingerprint density at radius 3 is 2.90 bits per heavy atom. The molecule has 0 heterocycles. The molecule has 1 nitrogen and oxygen atoms in total. The fraction of sp³-hybridized carbons (Fsp3) is 0.556. The number of allylic oxidation sites excluding steroid dienone is 1. The molecule has 0 fully saturated rings. The molecule has 1 N–H and O–H groups in total. The summed E-state index contributed by atoms with van der Waals surface area (Å²) in [5.41, 5.74) is 2.92. The Hall–Kier alpha value is -1.15. The number of benzene rings is 1. The van der Waals surface area contributed by atoms with Crippen molar-refractivity contribution in [3.05, 3.63) is 46.8 Å². The van der Waals surface area contributed by atoms with E-state index in [1.165, 1.54) is 24.8 Å². The zero-order chi connectivity index (χ0) is 14.4. The van der Waals surface area contributed by atoms with E-state index in [0.29, 0.717) is 0 Å². The van der Waals surface area contributed by atoms with Crippen LogP contribution in [0.3, 0.4) is 0 Å². The summed E-state index contributed by atoms with van der Waals surface area (Å²) in [4.78, 5) is 0. The van der Waals surface area contributed by atoms with Crippen molar-refractivity contribution < 1.29 is 4.39 Å². The van der Waals surface area contributed by atoms with E-state index in [2.05, 4.69) is 18.3 Å². The van der Waals surface area contributed by atoms with Crippen molar-refractivity contribution in [2.45, 2.75) is 58.4 Å². The summed E-state index contributed by atoms with van der Waals surface area (Å²) in [5, 5.41) is 3.54. The fourth-order valence-corrected chi connectivity index (χ4v) is 2.92. The molecule has 0 aliphatic heterocycles. The summed E-state index contributed by atoms with van der Waals surface area (Å²) in [7, 11) is 0. The van der Waals surface area contributed by atoms with Gasteiger partial charge < -0.3 is 5.32 Å². The van der Waals surface area contributed by atoms with Crippen molar-refractivity contribution in [1.82, 2.24) is 5.32 Å². The van der Waals surface area contributed by atoms with Gasteiger partial charge in [-0.25, -0.2) is 4.39 Å². The van der Waals surface area contributed by atoms with E-state index < -0.39 is 0 Å². The minimum absolute atomic E-state index is 0.0490. The summed E-state index contributed by atoms with van der Waals surface area (Å²) in [6.07, 6.45) is 9.40. The second-order valence-corrected chi connectivity index (χ2v) is 5.74. The van der Waals surface area contributed by atoms with E-state index in [0.717, 1.165) is 36.9 Å². The molecule has 1 unspecified atom stereocenters. The number of rotatable bonds is 5. The average molecular weight is 275 g/mol. The maximum absolute atomic E-state index is 14.5. The highest BCUT2D eigenvalue weighted by atomic mass is 19.1. The number of hydrogen-bond acceptors (Lipinski definition) is 1. The summed E-state index contributed by atoms with van der Waals surface area (Å²) in [6, 6.07) is 5.79. The molecular formula is C18H26FN. The third-order valence-electron chi connectivity index (χ3n) is 4.08. The molecule has 0 amide bonds. The Labute approximate surface area is 122 Å². The van der Waals surface area contributed by atoms with Gasteiger partial charge >= 0.3 is 0 Å². The summed E-state index contributed by atoms with van der Waals surface area (Å²) < 4.78 is 14.5. The highest BCUT2D eigenvalue weighted by Crippen LogP contribution is 2.31. The first-order chi connectivity index (χ1) is 9.74. The number of halogens is 1. The molecule has 0 spiro atoms. The van der Waals surface area contributed by atoms with Gasteiger partial charge in [0.15, 0.2) is 0 Å². The van der Waals surface area contributed by atoms with Gasteiger partial charge in [-0.3, -0.25) is 0 Å². The minimum Gasteiger partial charge on any atom is -0.306 e. The van der Waals surface area contributed by atoms with Gasteiger partial charge in [0.25, 0.3) is 0 Å². The standard InChI is InChI=1S/C18H26FN/c1-3-13-20-18(15-10-6-4-5-7-11-15)16-12-8-9-14(2)17(16)19/h8-10,12,18,20H,3-7,11,13H2,1-2H3. The Balaban J connectivity index is 2.30. The summed E-state index contributed by atoms with van der Waals surface area (Å²) in [5.74, 6) is -0.0498. The Bertz CT molecular complexity index is 464. The monoisotopic (exact) mass is 275 g/mol. The number of hydrogen-bond donors (Lipinski definition) is 1. The van der Waals surface area contributed by atoms with E-state index in [9.17, 15) is 4.39 Å². The van der Waals surface area contributed by atoms with Crippen LogP contribution in [0.4, 0.5) is 4.39 Å². The molecule has 110 valence electrons. The molecule has 0 aromatic heterocycles. The molecule has 2 rings (SSSR count). The first kappa shape index (κ1) is 15.2. The van der Waals surface area contributed by atoms with Crippen LogP contribution >= 0.6 is 0 Å². The minimum atomic E-state index is -0.0498. The summed E-state index contributed by atoms with van der Waals surface area (Å²) in [6.45, 7) is 4.92. The molecule has 1 aromatic rings. The normalized spacial score (nSPS) is 17.4. The average Bonchev–Trinajstić information content (AvgIpc) is 2.73. The first-order valence-corrected chi connectivity index (χ1v) is 7.91. The van der Waals surface area contributed by atoms with Crippen molar-refractivity contribution in [2.75, 3.05) is 6.54 Å². The van der Waals surface area contributed by atoms with Crippen LogP contribution in [0.2, 0.25) is 0 Å². The van der Waals surface area contributed by atoms with E-state index in [1.807, 2.05) is 25.1 Å². The highest BCUT2D eigenvalue weighted by Gasteiger charge is 2.20. The molecule has 1 aliphatic carbocycles. The van der Waals surface area contributed by atoms with Crippen LogP contribution in [0.15, 0.2) is 29.8 Å². The molecule has 20 heavy (non-hydrogen) atoms. The molecule has 0 radical (unpaired) electrons. The van der Waals surface area contributed by atoms with Crippen molar-refractivity contribution in [1.29, 1.82) is 0 Å². The van der Waals surface area contributed by atoms with Crippen molar-refractivity contribution in [3.63, 3.8) is 0 Å². The van der Waals surface area contributed by atoms with Crippen LogP contribution < -0.4 is 5.32 Å². The van der Waals surface area contributed by atoms with Crippen LogP contribution in [-0.4, -0.2) is 6.54 Å². The second-order valence-electron chi connectivity index (χ2n) is 5.74. The maximum Gasteiger partial charge on any atom is 0.131 e. The van der Waals surface area contributed by atoms with Crippen LogP contribution in [-0.2, 0) is 0 Å². The molecule has 1 aliphatic rings. The van der Waals surface area contributed by atoms with Crippen molar-refractivity contribution >= 4 is 0 Å². The lowest BCUT2D eigenvalue weighted by molar-refractivity contribution is 0.525. The zero-order valence-corrected chi connectivity index (χ0v) is 12.7. The molecule has 2 heteroatoms. The van der Waals surface area contributed by atoms with E-state index in [-0.39, 0.29) is 11.9 Å². The highest BCUT2D eigenvalue weighted by molar-refractivity contribution is 5.33. The number of nitrogens with one attached hydrogen (secondary N) is 1.